The average molecular weight is 394 g/mol. The number of hydrogen-bond acceptors (Lipinski definition) is 6. The van der Waals surface area contributed by atoms with Crippen molar-refractivity contribution in [3.05, 3.63) is 63.5 Å². The van der Waals surface area contributed by atoms with Crippen LogP contribution in [0.15, 0.2) is 46.6 Å². The van der Waals surface area contributed by atoms with E-state index < -0.39 is 0 Å². The molecule has 1 fully saturated rings. The number of carbonyl (C=O) groups excluding carboxylic acids is 1. The van der Waals surface area contributed by atoms with E-state index in [2.05, 4.69) is 10.2 Å². The molecule has 3 aromatic heterocycles. The molecule has 9 heteroatoms. The maximum Gasteiger partial charge on any atom is 0.272 e. The van der Waals surface area contributed by atoms with Crippen LogP contribution in [0.1, 0.15) is 11.4 Å². The highest BCUT2D eigenvalue weighted by molar-refractivity contribution is 7.17. The van der Waals surface area contributed by atoms with Gasteiger partial charge in [0.2, 0.25) is 11.7 Å². The zero-order chi connectivity index (χ0) is 19.3. The predicted octanol–water partition coefficient (Wildman–Crippen LogP) is 1.44. The van der Waals surface area contributed by atoms with E-state index in [9.17, 15) is 9.59 Å². The molecule has 4 aromatic rings. The third-order valence-electron chi connectivity index (χ3n) is 5.06. The van der Waals surface area contributed by atoms with Crippen LogP contribution in [-0.4, -0.2) is 48.1 Å². The lowest BCUT2D eigenvalue weighted by Gasteiger charge is -2.17. The van der Waals surface area contributed by atoms with Gasteiger partial charge in [-0.2, -0.15) is 0 Å². The lowest BCUT2D eigenvalue weighted by Crippen LogP contribution is -2.27. The maximum atomic E-state index is 12.4. The fourth-order valence-electron chi connectivity index (χ4n) is 3.66. The number of fused-ring (bicyclic) bond motifs is 3. The first-order valence-corrected chi connectivity index (χ1v) is 9.84. The summed E-state index contributed by atoms with van der Waals surface area (Å²) in [6.07, 6.45) is 0. The van der Waals surface area contributed by atoms with Gasteiger partial charge in [-0.3, -0.25) is 23.5 Å². The molecule has 0 radical (unpaired) electrons. The van der Waals surface area contributed by atoms with E-state index in [4.69, 9.17) is 0 Å². The second kappa shape index (κ2) is 6.54. The van der Waals surface area contributed by atoms with Gasteiger partial charge in [-0.25, -0.2) is 0 Å². The van der Waals surface area contributed by atoms with Crippen LogP contribution in [-0.2, 0) is 24.9 Å². The van der Waals surface area contributed by atoms with Gasteiger partial charge in [-0.15, -0.1) is 21.5 Å². The predicted molar refractivity (Wildman–Crippen MR) is 106 cm³/mol. The molecule has 142 valence electrons. The molecule has 0 unspecified atom stereocenters. The molecule has 1 aliphatic heterocycles. The number of aromatic nitrogens is 4. The number of rotatable bonds is 4. The fourth-order valence-corrected chi connectivity index (χ4v) is 4.52. The van der Waals surface area contributed by atoms with Crippen molar-refractivity contribution in [1.82, 2.24) is 29.0 Å². The molecule has 1 aliphatic rings. The zero-order valence-electron chi connectivity index (χ0n) is 15.3. The van der Waals surface area contributed by atoms with E-state index in [1.165, 1.54) is 15.9 Å². The number of thiophene rings is 1. The SMILES string of the molecule is Cn1c(=O)c2sccc2n2c(CN3CC(=O)N(Cc4ccccc4)C3)nnc12. The largest absolute Gasteiger partial charge is 0.324 e. The Hall–Kier alpha value is -3.04. The standard InChI is InChI=1S/C19H18N6O2S/c1-22-18(27)17-14(7-8-28-17)25-15(20-21-19(22)25)10-23-11-16(26)24(12-23)9-13-5-3-2-4-6-13/h2-8H,9-12H2,1H3. The molecule has 1 saturated heterocycles. The van der Waals surface area contributed by atoms with Gasteiger partial charge >= 0.3 is 0 Å². The van der Waals surface area contributed by atoms with E-state index in [1.807, 2.05) is 56.0 Å². The zero-order valence-corrected chi connectivity index (χ0v) is 16.1. The summed E-state index contributed by atoms with van der Waals surface area (Å²) >= 11 is 1.41. The van der Waals surface area contributed by atoms with Gasteiger partial charge in [-0.1, -0.05) is 30.3 Å². The Labute approximate surface area is 164 Å². The van der Waals surface area contributed by atoms with Gasteiger partial charge in [0.1, 0.15) is 4.70 Å². The smallest absolute Gasteiger partial charge is 0.272 e. The Morgan fingerprint density at radius 2 is 1.89 bits per heavy atom. The first-order chi connectivity index (χ1) is 13.6. The molecule has 8 nitrogen and oxygen atoms in total. The van der Waals surface area contributed by atoms with Gasteiger partial charge in [0.05, 0.1) is 25.3 Å². The summed E-state index contributed by atoms with van der Waals surface area (Å²) in [4.78, 5) is 28.8. The van der Waals surface area contributed by atoms with Gasteiger partial charge in [0.25, 0.3) is 5.56 Å². The Balaban J connectivity index is 1.43. The van der Waals surface area contributed by atoms with Gasteiger partial charge in [0, 0.05) is 13.6 Å². The molecule has 1 amide bonds. The summed E-state index contributed by atoms with van der Waals surface area (Å²) in [5.41, 5.74) is 1.86. The van der Waals surface area contributed by atoms with Crippen molar-refractivity contribution in [2.45, 2.75) is 13.1 Å². The number of amides is 1. The van der Waals surface area contributed by atoms with E-state index in [0.29, 0.717) is 36.8 Å². The van der Waals surface area contributed by atoms with Crippen molar-refractivity contribution in [2.75, 3.05) is 13.2 Å². The number of aryl methyl sites for hydroxylation is 1. The second-order valence-corrected chi connectivity index (χ2v) is 7.87. The lowest BCUT2D eigenvalue weighted by atomic mass is 10.2. The molecule has 0 saturated carbocycles. The first kappa shape index (κ1) is 17.1. The Morgan fingerprint density at radius 3 is 2.71 bits per heavy atom. The summed E-state index contributed by atoms with van der Waals surface area (Å²) in [5, 5.41) is 10.4. The Morgan fingerprint density at radius 1 is 1.07 bits per heavy atom. The minimum absolute atomic E-state index is 0.0677. The molecule has 0 spiro atoms. The van der Waals surface area contributed by atoms with Crippen molar-refractivity contribution in [3.8, 4) is 0 Å². The molecule has 5 rings (SSSR count). The van der Waals surface area contributed by atoms with Crippen molar-refractivity contribution in [1.29, 1.82) is 0 Å². The molecular weight excluding hydrogens is 376 g/mol. The van der Waals surface area contributed by atoms with Crippen LogP contribution in [0, 0.1) is 0 Å². The second-order valence-electron chi connectivity index (χ2n) is 6.96. The topological polar surface area (TPSA) is 75.7 Å². The Bertz CT molecular complexity index is 1240. The third-order valence-corrected chi connectivity index (χ3v) is 5.95. The molecule has 1 aromatic carbocycles. The maximum absolute atomic E-state index is 12.4. The normalized spacial score (nSPS) is 15.3. The van der Waals surface area contributed by atoms with E-state index in [-0.39, 0.29) is 11.5 Å². The molecular formula is C19H18N6O2S. The minimum Gasteiger partial charge on any atom is -0.324 e. The van der Waals surface area contributed by atoms with Crippen LogP contribution in [0.25, 0.3) is 16.0 Å². The molecule has 0 atom stereocenters. The van der Waals surface area contributed by atoms with E-state index >= 15 is 0 Å². The molecule has 0 bridgehead atoms. The summed E-state index contributed by atoms with van der Waals surface area (Å²) in [6.45, 7) is 1.98. The molecule has 0 aliphatic carbocycles. The average Bonchev–Trinajstić information content (AvgIpc) is 3.40. The van der Waals surface area contributed by atoms with Crippen LogP contribution in [0.2, 0.25) is 0 Å². The highest BCUT2D eigenvalue weighted by atomic mass is 32.1. The quantitative estimate of drug-likeness (QED) is 0.524. The first-order valence-electron chi connectivity index (χ1n) is 8.96. The van der Waals surface area contributed by atoms with Crippen LogP contribution in [0.3, 0.4) is 0 Å². The van der Waals surface area contributed by atoms with Crippen LogP contribution in [0.5, 0.6) is 0 Å². The highest BCUT2D eigenvalue weighted by Crippen LogP contribution is 2.21. The third kappa shape index (κ3) is 2.71. The van der Waals surface area contributed by atoms with Gasteiger partial charge < -0.3 is 4.90 Å². The van der Waals surface area contributed by atoms with Crippen molar-refractivity contribution < 1.29 is 4.79 Å². The van der Waals surface area contributed by atoms with Crippen molar-refractivity contribution in [2.24, 2.45) is 7.05 Å². The lowest BCUT2D eigenvalue weighted by molar-refractivity contribution is -0.127. The minimum atomic E-state index is -0.0677. The highest BCUT2D eigenvalue weighted by Gasteiger charge is 2.29. The summed E-state index contributed by atoms with van der Waals surface area (Å²) in [7, 11) is 1.70. The Kier molecular flexibility index (Phi) is 3.99. The number of carbonyl (C=O) groups is 1. The molecule has 28 heavy (non-hydrogen) atoms. The molecule has 0 N–H and O–H groups in total. The number of nitrogens with zero attached hydrogens (tertiary/aromatic N) is 6. The van der Waals surface area contributed by atoms with Crippen molar-refractivity contribution in [3.63, 3.8) is 0 Å². The van der Waals surface area contributed by atoms with Gasteiger partial charge in [-0.05, 0) is 17.0 Å². The van der Waals surface area contributed by atoms with Crippen molar-refractivity contribution >= 4 is 33.2 Å². The summed E-state index contributed by atoms with van der Waals surface area (Å²) in [6, 6.07) is 11.9. The van der Waals surface area contributed by atoms with E-state index in [0.717, 1.165) is 16.9 Å². The summed E-state index contributed by atoms with van der Waals surface area (Å²) < 4.78 is 4.11. The number of hydrogen-bond donors (Lipinski definition) is 0. The van der Waals surface area contributed by atoms with Gasteiger partial charge in [0.15, 0.2) is 5.82 Å². The van der Waals surface area contributed by atoms with Crippen LogP contribution < -0.4 is 5.56 Å². The van der Waals surface area contributed by atoms with Crippen LogP contribution >= 0.6 is 11.3 Å². The number of benzene rings is 1. The van der Waals surface area contributed by atoms with Crippen LogP contribution in [0.4, 0.5) is 0 Å². The molecule has 4 heterocycles. The summed E-state index contributed by atoms with van der Waals surface area (Å²) in [5.74, 6) is 1.34. The van der Waals surface area contributed by atoms with E-state index in [1.54, 1.807) is 7.05 Å². The monoisotopic (exact) mass is 394 g/mol. The fraction of sp³-hybridized carbons (Fsp3) is 0.263.